The molecule has 168 valence electrons. The Kier molecular flexibility index (Phi) is 6.60. The second-order valence-electron chi connectivity index (χ2n) is 7.48. The number of hydrogen-bond acceptors (Lipinski definition) is 4. The number of benzene rings is 3. The van der Waals surface area contributed by atoms with E-state index in [1.54, 1.807) is 49.4 Å². The molecule has 10 heteroatoms. The number of halogens is 3. The molecule has 0 saturated heterocycles. The first-order valence-electron chi connectivity index (χ1n) is 9.79. The van der Waals surface area contributed by atoms with Crippen LogP contribution in [-0.2, 0) is 4.79 Å². The fraction of sp³-hybridized carbons (Fsp3) is 0.130. The third-order valence-corrected chi connectivity index (χ3v) is 6.63. The zero-order valence-corrected chi connectivity index (χ0v) is 20.8. The molecule has 2 amide bonds. The van der Waals surface area contributed by atoms with Gasteiger partial charge in [-0.25, -0.2) is 0 Å². The summed E-state index contributed by atoms with van der Waals surface area (Å²) in [5, 5.41) is 15.3. The summed E-state index contributed by atoms with van der Waals surface area (Å²) in [5.41, 5.74) is 1.24. The van der Waals surface area contributed by atoms with Crippen LogP contribution < -0.4 is 5.32 Å². The summed E-state index contributed by atoms with van der Waals surface area (Å²) in [6, 6.07) is 14.1. The maximum Gasteiger partial charge on any atom is 0.276 e. The Balaban J connectivity index is 1.93. The molecule has 0 bridgehead atoms. The lowest BCUT2D eigenvalue weighted by atomic mass is 9.98. The molecule has 1 heterocycles. The highest BCUT2D eigenvalue weighted by molar-refractivity contribution is 14.1. The lowest BCUT2D eigenvalue weighted by Gasteiger charge is -2.34. The molecule has 3 aromatic carbocycles. The monoisotopic (exact) mass is 595 g/mol. The van der Waals surface area contributed by atoms with Gasteiger partial charge in [0.1, 0.15) is 6.04 Å². The summed E-state index contributed by atoms with van der Waals surface area (Å²) in [7, 11) is 0. The minimum Gasteiger partial charge on any atom is -0.323 e. The minimum atomic E-state index is -1.05. The molecule has 7 nitrogen and oxygen atoms in total. The van der Waals surface area contributed by atoms with Gasteiger partial charge in [-0.1, -0.05) is 35.3 Å². The van der Waals surface area contributed by atoms with Crippen LogP contribution in [0.3, 0.4) is 0 Å². The molecule has 1 aliphatic rings. The van der Waals surface area contributed by atoms with Crippen molar-refractivity contribution in [2.75, 3.05) is 5.32 Å². The molecule has 3 aromatic rings. The molecular weight excluding hydrogens is 580 g/mol. The van der Waals surface area contributed by atoms with Crippen molar-refractivity contribution in [1.82, 2.24) is 4.90 Å². The number of amides is 2. The van der Waals surface area contributed by atoms with Crippen molar-refractivity contribution < 1.29 is 14.5 Å². The third kappa shape index (κ3) is 4.55. The van der Waals surface area contributed by atoms with Crippen LogP contribution in [0, 0.1) is 13.7 Å². The number of anilines is 1. The second-order valence-corrected chi connectivity index (χ2v) is 9.60. The van der Waals surface area contributed by atoms with Crippen LogP contribution in [-0.4, -0.2) is 21.6 Å². The average Bonchev–Trinajstić information content (AvgIpc) is 2.88. The van der Waals surface area contributed by atoms with E-state index in [-0.39, 0.29) is 16.3 Å². The van der Waals surface area contributed by atoms with Gasteiger partial charge in [-0.05, 0) is 77.5 Å². The quantitative estimate of drug-likeness (QED) is 0.214. The Morgan fingerprint density at radius 3 is 2.36 bits per heavy atom. The van der Waals surface area contributed by atoms with Gasteiger partial charge in [0, 0.05) is 19.7 Å². The lowest BCUT2D eigenvalue weighted by molar-refractivity contribution is -0.385. The summed E-state index contributed by atoms with van der Waals surface area (Å²) in [6.45, 7) is 1.66. The minimum absolute atomic E-state index is 0.201. The smallest absolute Gasteiger partial charge is 0.276 e. The summed E-state index contributed by atoms with van der Waals surface area (Å²) in [6.07, 6.45) is 0. The van der Waals surface area contributed by atoms with Gasteiger partial charge < -0.3 is 10.2 Å². The maximum absolute atomic E-state index is 13.9. The fourth-order valence-electron chi connectivity index (χ4n) is 3.92. The summed E-state index contributed by atoms with van der Waals surface area (Å²) in [5.74, 6) is -0.868. The Bertz CT molecular complexity index is 1280. The van der Waals surface area contributed by atoms with Crippen molar-refractivity contribution in [3.8, 4) is 0 Å². The van der Waals surface area contributed by atoms with Gasteiger partial charge in [0.05, 0.1) is 27.8 Å². The molecule has 0 aliphatic carbocycles. The second kappa shape index (κ2) is 9.28. The van der Waals surface area contributed by atoms with Crippen molar-refractivity contribution >= 4 is 69.0 Å². The fourth-order valence-corrected chi connectivity index (χ4v) is 4.70. The molecule has 0 radical (unpaired) electrons. The topological polar surface area (TPSA) is 92.6 Å². The molecule has 1 N–H and O–H groups in total. The van der Waals surface area contributed by atoms with Crippen molar-refractivity contribution in [3.63, 3.8) is 0 Å². The predicted molar refractivity (Wildman–Crippen MR) is 135 cm³/mol. The normalized spacial score (nSPS) is 16.6. The summed E-state index contributed by atoms with van der Waals surface area (Å²) < 4.78 is 0.809. The summed E-state index contributed by atoms with van der Waals surface area (Å²) >= 11 is 14.1. The molecule has 4 rings (SSSR count). The molecular formula is C23H16Cl2IN3O4. The van der Waals surface area contributed by atoms with Gasteiger partial charge in [0.25, 0.3) is 17.5 Å². The van der Waals surface area contributed by atoms with Crippen molar-refractivity contribution in [3.05, 3.63) is 101 Å². The number of nitro groups is 1. The first-order valence-corrected chi connectivity index (χ1v) is 11.6. The highest BCUT2D eigenvalue weighted by Gasteiger charge is 2.41. The highest BCUT2D eigenvalue weighted by Crippen LogP contribution is 2.40. The standard InChI is InChI=1S/C23H16Cl2IN3O4/c1-12(17-8-6-15(25)10-20(17)29(32)33)28-21(13-2-4-14(24)5-3-13)22(30)27-19-9-7-16(26)11-18(19)23(28)31/h2-12,21H,1H3,(H,27,30)/t12-,21+/m1/s1. The van der Waals surface area contributed by atoms with E-state index < -0.39 is 28.8 Å². The van der Waals surface area contributed by atoms with Gasteiger partial charge in [-0.3, -0.25) is 19.7 Å². The van der Waals surface area contributed by atoms with Crippen molar-refractivity contribution in [2.24, 2.45) is 0 Å². The van der Waals surface area contributed by atoms with E-state index in [9.17, 15) is 19.7 Å². The number of nitrogens with zero attached hydrogens (tertiary/aromatic N) is 2. The Morgan fingerprint density at radius 1 is 1.03 bits per heavy atom. The van der Waals surface area contributed by atoms with Gasteiger partial charge in [-0.15, -0.1) is 0 Å². The van der Waals surface area contributed by atoms with Crippen LogP contribution in [0.5, 0.6) is 0 Å². The van der Waals surface area contributed by atoms with Crippen LogP contribution in [0.15, 0.2) is 60.7 Å². The first-order chi connectivity index (χ1) is 15.7. The molecule has 2 atom stereocenters. The van der Waals surface area contributed by atoms with Crippen molar-refractivity contribution in [1.29, 1.82) is 0 Å². The zero-order valence-electron chi connectivity index (χ0n) is 17.1. The SMILES string of the molecule is C[C@H](c1ccc(Cl)cc1[N+](=O)[O-])N1C(=O)c2cc(I)ccc2NC(=O)[C@@H]1c1ccc(Cl)cc1. The number of carbonyl (C=O) groups excluding carboxylic acids is 2. The van der Waals surface area contributed by atoms with Crippen LogP contribution in [0.25, 0.3) is 0 Å². The lowest BCUT2D eigenvalue weighted by Crippen LogP contribution is -2.40. The van der Waals surface area contributed by atoms with Gasteiger partial charge in [-0.2, -0.15) is 0 Å². The van der Waals surface area contributed by atoms with E-state index in [1.165, 1.54) is 23.1 Å². The predicted octanol–water partition coefficient (Wildman–Crippen LogP) is 6.40. The molecule has 0 fully saturated rings. The molecule has 0 spiro atoms. The number of rotatable bonds is 4. The summed E-state index contributed by atoms with van der Waals surface area (Å²) in [4.78, 5) is 39.9. The maximum atomic E-state index is 13.9. The van der Waals surface area contributed by atoms with E-state index in [1.807, 2.05) is 0 Å². The van der Waals surface area contributed by atoms with Crippen LogP contribution in [0.1, 0.15) is 40.5 Å². The van der Waals surface area contributed by atoms with Crippen LogP contribution in [0.4, 0.5) is 11.4 Å². The Morgan fingerprint density at radius 2 is 1.70 bits per heavy atom. The number of hydrogen-bond donors (Lipinski definition) is 1. The molecule has 0 saturated carbocycles. The first kappa shape index (κ1) is 23.5. The van der Waals surface area contributed by atoms with Gasteiger partial charge in [0.2, 0.25) is 0 Å². The zero-order chi connectivity index (χ0) is 23.9. The van der Waals surface area contributed by atoms with E-state index in [0.717, 1.165) is 3.57 Å². The van der Waals surface area contributed by atoms with E-state index in [0.29, 0.717) is 21.8 Å². The molecule has 0 unspecified atom stereocenters. The van der Waals surface area contributed by atoms with Gasteiger partial charge in [0.15, 0.2) is 0 Å². The number of nitrogens with one attached hydrogen (secondary N) is 1. The Hall–Kier alpha value is -2.69. The average molecular weight is 596 g/mol. The van der Waals surface area contributed by atoms with E-state index >= 15 is 0 Å². The van der Waals surface area contributed by atoms with Gasteiger partial charge >= 0.3 is 0 Å². The van der Waals surface area contributed by atoms with Crippen LogP contribution >= 0.6 is 45.8 Å². The third-order valence-electron chi connectivity index (χ3n) is 5.47. The number of nitro benzene ring substituents is 1. The number of fused-ring (bicyclic) bond motifs is 1. The molecule has 33 heavy (non-hydrogen) atoms. The van der Waals surface area contributed by atoms with E-state index in [4.69, 9.17) is 23.2 Å². The largest absolute Gasteiger partial charge is 0.323 e. The van der Waals surface area contributed by atoms with Crippen molar-refractivity contribution in [2.45, 2.75) is 19.0 Å². The Labute approximate surface area is 213 Å². The van der Waals surface area contributed by atoms with Crippen LogP contribution in [0.2, 0.25) is 10.0 Å². The van der Waals surface area contributed by atoms with E-state index in [2.05, 4.69) is 27.9 Å². The molecule has 1 aliphatic heterocycles. The molecule has 0 aromatic heterocycles. The number of carbonyl (C=O) groups is 2. The highest BCUT2D eigenvalue weighted by atomic mass is 127.